The molecule has 1 unspecified atom stereocenters. The Balaban J connectivity index is 0.00000588. The summed E-state index contributed by atoms with van der Waals surface area (Å²) >= 11 is 7.79. The van der Waals surface area contributed by atoms with Crippen molar-refractivity contribution in [1.82, 2.24) is 0 Å². The number of nitrogens with one attached hydrogen (secondary N) is 1. The summed E-state index contributed by atoms with van der Waals surface area (Å²) in [4.78, 5) is 18.2. The third-order valence-electron chi connectivity index (χ3n) is 6.23. The van der Waals surface area contributed by atoms with Crippen LogP contribution >= 0.6 is 36.2 Å². The summed E-state index contributed by atoms with van der Waals surface area (Å²) in [6.45, 7) is 6.35. The number of halogens is 3. The van der Waals surface area contributed by atoms with Gasteiger partial charge in [-0.1, -0.05) is 72.2 Å². The van der Waals surface area contributed by atoms with Gasteiger partial charge in [-0.25, -0.2) is 8.42 Å². The Bertz CT molecular complexity index is 1540. The number of hydrogen-bond acceptors (Lipinski definition) is 5. The molecule has 3 aromatic rings. The molecule has 224 valence electrons. The van der Waals surface area contributed by atoms with Crippen molar-refractivity contribution in [3.05, 3.63) is 81.8 Å². The zero-order valence-corrected chi connectivity index (χ0v) is 26.4. The molecule has 43 heavy (non-hydrogen) atoms. The molecular formula is C27H34BrF2NNa3O6PS2. The van der Waals surface area contributed by atoms with Crippen molar-refractivity contribution < 1.29 is 36.3 Å². The first-order valence-electron chi connectivity index (χ1n) is 12.1. The number of ether oxygens (including phenoxy) is 1. The van der Waals surface area contributed by atoms with Gasteiger partial charge in [0.1, 0.15) is 5.75 Å². The molecule has 0 amide bonds. The Morgan fingerprint density at radius 1 is 0.977 bits per heavy atom. The average Bonchev–Trinajstić information content (AvgIpc) is 2.83. The van der Waals surface area contributed by atoms with Gasteiger partial charge in [0.2, 0.25) is 10.0 Å². The minimum atomic E-state index is -5.72. The van der Waals surface area contributed by atoms with Gasteiger partial charge in [-0.05, 0) is 59.7 Å². The standard InChI is InChI=1S/C27H31BrF2NO6PS2.3Na.3H/c1-17(2)13-14-37-25-12-7-19(15-24(25)31-40(4,35)36)18-5-8-20(9-6-18)26(3,39)21-10-11-22(23(28)16-21)27(29,30)38(32,33)34;;;;;;/h5-12,15-17,31,39H,13-14H2,1-4H3,(H2,32,33,34);;;;;;. The fraction of sp³-hybridized carbons (Fsp3) is 0.333. The third kappa shape index (κ3) is 11.6. The van der Waals surface area contributed by atoms with Gasteiger partial charge in [-0.15, -0.1) is 0 Å². The molecule has 3 aromatic carbocycles. The second-order valence-corrected chi connectivity index (χ2v) is 15.2. The van der Waals surface area contributed by atoms with Crippen LogP contribution in [0.2, 0.25) is 0 Å². The van der Waals surface area contributed by atoms with E-state index in [9.17, 15) is 21.8 Å². The molecule has 1 atom stereocenters. The van der Waals surface area contributed by atoms with Gasteiger partial charge in [0.15, 0.2) is 0 Å². The Hall–Kier alpha value is 1.05. The number of thiol groups is 1. The molecule has 0 aliphatic rings. The fourth-order valence-corrected chi connectivity index (χ4v) is 6.03. The van der Waals surface area contributed by atoms with E-state index in [-0.39, 0.29) is 93.1 Å². The molecule has 0 radical (unpaired) electrons. The number of hydrogen-bond donors (Lipinski definition) is 4. The molecule has 0 saturated heterocycles. The van der Waals surface area contributed by atoms with E-state index >= 15 is 0 Å². The Kier molecular flexibility index (Phi) is 17.9. The van der Waals surface area contributed by atoms with Gasteiger partial charge in [-0.2, -0.15) is 21.4 Å². The number of rotatable bonds is 11. The monoisotopic (exact) mass is 749 g/mol. The van der Waals surface area contributed by atoms with Crippen molar-refractivity contribution >= 4 is 141 Å². The van der Waals surface area contributed by atoms with E-state index in [0.29, 0.717) is 29.5 Å². The quantitative estimate of drug-likeness (QED) is 0.119. The molecule has 0 bridgehead atoms. The zero-order valence-electron chi connectivity index (χ0n) is 22.2. The van der Waals surface area contributed by atoms with Crippen molar-refractivity contribution in [2.75, 3.05) is 17.6 Å². The zero-order chi connectivity index (χ0) is 30.1. The van der Waals surface area contributed by atoms with E-state index in [1.54, 1.807) is 19.1 Å². The van der Waals surface area contributed by atoms with Crippen LogP contribution in [0.5, 0.6) is 5.75 Å². The molecule has 0 heterocycles. The van der Waals surface area contributed by atoms with Crippen LogP contribution in [0.15, 0.2) is 65.1 Å². The summed E-state index contributed by atoms with van der Waals surface area (Å²) in [5, 5.41) is 0. The van der Waals surface area contributed by atoms with E-state index in [1.807, 2.05) is 30.3 Å². The molecule has 0 aromatic heterocycles. The van der Waals surface area contributed by atoms with E-state index in [1.165, 1.54) is 12.1 Å². The maximum atomic E-state index is 14.3. The first kappa shape index (κ1) is 44.0. The molecule has 16 heteroatoms. The van der Waals surface area contributed by atoms with Crippen LogP contribution in [0, 0.1) is 5.92 Å². The van der Waals surface area contributed by atoms with Crippen molar-refractivity contribution in [2.24, 2.45) is 5.92 Å². The Morgan fingerprint density at radius 2 is 1.51 bits per heavy atom. The molecule has 0 saturated carbocycles. The van der Waals surface area contributed by atoms with Crippen LogP contribution in [-0.2, 0) is 25.0 Å². The van der Waals surface area contributed by atoms with Crippen molar-refractivity contribution in [1.29, 1.82) is 0 Å². The SMILES string of the molecule is CC(C)CCOc1ccc(-c2ccc(C(C)(S)c3ccc(C(F)(F)P(=O)(O)O)c(Br)c3)cc2)cc1NS(C)(=O)=O.[NaH].[NaH].[NaH]. The summed E-state index contributed by atoms with van der Waals surface area (Å²) in [6.07, 6.45) is 1.88. The molecule has 0 fully saturated rings. The van der Waals surface area contributed by atoms with Crippen LogP contribution in [0.25, 0.3) is 11.1 Å². The molecule has 3 rings (SSSR count). The molecular weight excluding hydrogens is 716 g/mol. The number of sulfonamides is 1. The number of alkyl halides is 2. The second kappa shape index (κ2) is 17.4. The van der Waals surface area contributed by atoms with Gasteiger partial charge in [-0.3, -0.25) is 9.29 Å². The summed E-state index contributed by atoms with van der Waals surface area (Å²) in [7, 11) is -9.28. The number of benzene rings is 3. The van der Waals surface area contributed by atoms with Crippen LogP contribution < -0.4 is 9.46 Å². The molecule has 3 N–H and O–H groups in total. The van der Waals surface area contributed by atoms with E-state index in [2.05, 4.69) is 34.5 Å². The first-order valence-corrected chi connectivity index (χ1v) is 16.9. The fourth-order valence-electron chi connectivity index (χ4n) is 3.89. The van der Waals surface area contributed by atoms with Crippen LogP contribution in [0.4, 0.5) is 14.5 Å². The van der Waals surface area contributed by atoms with E-state index in [4.69, 9.17) is 27.2 Å². The van der Waals surface area contributed by atoms with Crippen LogP contribution in [0.1, 0.15) is 43.9 Å². The van der Waals surface area contributed by atoms with E-state index < -0.39 is 33.6 Å². The summed E-state index contributed by atoms with van der Waals surface area (Å²) in [5.74, 6) is 0.856. The van der Waals surface area contributed by atoms with Gasteiger partial charge in [0.05, 0.1) is 23.3 Å². The predicted octanol–water partition coefficient (Wildman–Crippen LogP) is 5.39. The van der Waals surface area contributed by atoms with Crippen molar-refractivity contribution in [2.45, 2.75) is 37.6 Å². The molecule has 0 aliphatic heterocycles. The van der Waals surface area contributed by atoms with Crippen molar-refractivity contribution in [3.63, 3.8) is 0 Å². The molecule has 0 aliphatic carbocycles. The number of anilines is 1. The van der Waals surface area contributed by atoms with Crippen LogP contribution in [-0.4, -0.2) is 120 Å². The molecule has 0 spiro atoms. The topological polar surface area (TPSA) is 113 Å². The normalized spacial score (nSPS) is 13.2. The van der Waals surface area contributed by atoms with Gasteiger partial charge >= 0.3 is 102 Å². The predicted molar refractivity (Wildman–Crippen MR) is 182 cm³/mol. The summed E-state index contributed by atoms with van der Waals surface area (Å²) in [5.41, 5.74) is -2.08. The summed E-state index contributed by atoms with van der Waals surface area (Å²) < 4.78 is 71.0. The summed E-state index contributed by atoms with van der Waals surface area (Å²) in [6, 6.07) is 16.2. The first-order chi connectivity index (χ1) is 18.3. The minimum absolute atomic E-state index is 0. The van der Waals surface area contributed by atoms with Gasteiger partial charge < -0.3 is 14.5 Å². The van der Waals surface area contributed by atoms with Crippen molar-refractivity contribution in [3.8, 4) is 16.9 Å². The third-order valence-corrected chi connectivity index (χ3v) is 8.96. The van der Waals surface area contributed by atoms with Crippen LogP contribution in [0.3, 0.4) is 0 Å². The maximum absolute atomic E-state index is 14.3. The van der Waals surface area contributed by atoms with Gasteiger partial charge in [0.25, 0.3) is 0 Å². The Labute approximate surface area is 332 Å². The Morgan fingerprint density at radius 3 is 2.00 bits per heavy atom. The van der Waals surface area contributed by atoms with E-state index in [0.717, 1.165) is 35.4 Å². The van der Waals surface area contributed by atoms with Gasteiger partial charge in [0, 0.05) is 10.0 Å². The molecule has 7 nitrogen and oxygen atoms in total. The second-order valence-electron chi connectivity index (χ2n) is 10.0. The average molecular weight is 751 g/mol.